The fourth-order valence-electron chi connectivity index (χ4n) is 7.20. The third-order valence-electron chi connectivity index (χ3n) is 10.4. The Morgan fingerprint density at radius 2 is 1.64 bits per heavy atom. The zero-order chi connectivity index (χ0) is 45.9. The minimum Gasteiger partial charge on any atom is -0.500 e. The van der Waals surface area contributed by atoms with Crippen molar-refractivity contribution >= 4 is 52.1 Å². The van der Waals surface area contributed by atoms with Gasteiger partial charge in [-0.1, -0.05) is 43.7 Å². The number of ether oxygens (including phenoxy) is 4. The molecule has 0 radical (unpaired) electrons. The number of allylic oxidation sites excluding steroid dienone is 2. The number of amides is 1. The zero-order valence-electron chi connectivity index (χ0n) is 38.8. The average molecular weight is 863 g/mol. The van der Waals surface area contributed by atoms with E-state index in [0.717, 1.165) is 51.2 Å². The maximum atomic E-state index is 14.4. The van der Waals surface area contributed by atoms with Gasteiger partial charge in [-0.2, -0.15) is 0 Å². The molecular formula is C48H70N4O8S. The first-order chi connectivity index (χ1) is 28.3. The van der Waals surface area contributed by atoms with Gasteiger partial charge >= 0.3 is 18.0 Å². The van der Waals surface area contributed by atoms with Crippen molar-refractivity contribution in [2.24, 2.45) is 23.0 Å². The van der Waals surface area contributed by atoms with Crippen LogP contribution in [0.15, 0.2) is 64.9 Å². The molecule has 12 nitrogen and oxygen atoms in total. The van der Waals surface area contributed by atoms with Crippen molar-refractivity contribution in [3.63, 3.8) is 0 Å². The summed E-state index contributed by atoms with van der Waals surface area (Å²) >= 11 is 1.57. The quantitative estimate of drug-likeness (QED) is 0.0326. The Bertz CT molecular complexity index is 2060. The number of benzene rings is 1. The van der Waals surface area contributed by atoms with Gasteiger partial charge in [-0.3, -0.25) is 9.59 Å². The van der Waals surface area contributed by atoms with E-state index < -0.39 is 52.7 Å². The lowest BCUT2D eigenvalue weighted by Gasteiger charge is -2.35. The molecule has 0 aliphatic heterocycles. The molecule has 5 atom stereocenters. The summed E-state index contributed by atoms with van der Waals surface area (Å²) in [4.78, 5) is 61.7. The number of nitrogens with two attached hydrogens (primary N) is 1. The molecule has 0 saturated carbocycles. The van der Waals surface area contributed by atoms with Crippen LogP contribution in [0.4, 0.5) is 4.79 Å². The lowest BCUT2D eigenvalue weighted by molar-refractivity contribution is -0.159. The molecule has 0 bridgehead atoms. The Hall–Kier alpha value is -4.75. The minimum atomic E-state index is -1.27. The number of ketones is 1. The number of aromatic amines is 1. The molecule has 4 N–H and O–H groups in total. The van der Waals surface area contributed by atoms with E-state index >= 15 is 0 Å². The summed E-state index contributed by atoms with van der Waals surface area (Å²) in [5, 5.41) is 6.95. The van der Waals surface area contributed by atoms with Crippen molar-refractivity contribution in [2.45, 2.75) is 152 Å². The molecule has 0 saturated heterocycles. The number of para-hydroxylation sites is 1. The standard InChI is InChI=1S/C48H70N4O8S/c1-29(22-23-38(52-45(56)60-47(9,10)11)31(3)24-35-28-61-33(5)51-35)18-17-19-30(2)42(58-44(55)37(49)25-34-27-50-39-21-16-15-20-36(34)39)32(4)43(54)48(12,13)40(57-14)26-41(53)59-46(6,7)8/h15-16,20-22,24,26-28,30,32,37-38,42,50H,17-19,23,25,49H2,1-14H3,(H,52,56)/b29-22-,31-24+,40-26-/t30-,32+,37-,38-,42-/m0/s1. The molecule has 336 valence electrons. The molecule has 1 aromatic carbocycles. The van der Waals surface area contributed by atoms with Crippen LogP contribution in [0.2, 0.25) is 0 Å². The van der Waals surface area contributed by atoms with Crippen molar-refractivity contribution < 1.29 is 38.1 Å². The topological polar surface area (TPSA) is 172 Å². The number of H-pyrrole nitrogens is 1. The maximum absolute atomic E-state index is 14.4. The van der Waals surface area contributed by atoms with Crippen LogP contribution in [0.25, 0.3) is 17.0 Å². The first-order valence-electron chi connectivity index (χ1n) is 21.1. The molecule has 3 aromatic rings. The molecule has 13 heteroatoms. The maximum Gasteiger partial charge on any atom is 0.408 e. The highest BCUT2D eigenvalue weighted by Crippen LogP contribution is 2.35. The highest BCUT2D eigenvalue weighted by molar-refractivity contribution is 7.09. The largest absolute Gasteiger partial charge is 0.500 e. The second-order valence-electron chi connectivity index (χ2n) is 18.6. The number of fused-ring (bicyclic) bond motifs is 1. The summed E-state index contributed by atoms with van der Waals surface area (Å²) in [7, 11) is 1.41. The van der Waals surface area contributed by atoms with Crippen molar-refractivity contribution in [2.75, 3.05) is 7.11 Å². The summed E-state index contributed by atoms with van der Waals surface area (Å²) in [5.74, 6) is -2.41. The third-order valence-corrected chi connectivity index (χ3v) is 11.2. The molecule has 61 heavy (non-hydrogen) atoms. The van der Waals surface area contributed by atoms with E-state index in [4.69, 9.17) is 24.7 Å². The molecular weight excluding hydrogens is 793 g/mol. The normalized spacial score (nSPS) is 15.7. The number of Topliss-reactive ketones (excluding diaryl/α,β-unsaturated/α-hetero) is 1. The van der Waals surface area contributed by atoms with Crippen LogP contribution in [-0.4, -0.2) is 70.3 Å². The molecule has 3 rings (SSSR count). The van der Waals surface area contributed by atoms with Crippen LogP contribution in [0.5, 0.6) is 0 Å². The Kier molecular flexibility index (Phi) is 18.1. The molecule has 0 aliphatic carbocycles. The molecule has 2 heterocycles. The highest BCUT2D eigenvalue weighted by atomic mass is 32.1. The van der Waals surface area contributed by atoms with Gasteiger partial charge in [0.05, 0.1) is 41.3 Å². The number of hydrogen-bond acceptors (Lipinski definition) is 11. The number of alkyl carbamates (subject to hydrolysis) is 1. The molecule has 0 fully saturated rings. The number of methoxy groups -OCH3 is 1. The first kappa shape index (κ1) is 50.6. The smallest absolute Gasteiger partial charge is 0.408 e. The Balaban J connectivity index is 1.82. The number of carbonyl (C=O) groups excluding carboxylic acids is 4. The monoisotopic (exact) mass is 862 g/mol. The van der Waals surface area contributed by atoms with Gasteiger partial charge in [0, 0.05) is 28.9 Å². The molecule has 0 spiro atoms. The number of esters is 2. The fourth-order valence-corrected chi connectivity index (χ4v) is 7.77. The van der Waals surface area contributed by atoms with Gasteiger partial charge in [0.15, 0.2) is 5.78 Å². The van der Waals surface area contributed by atoms with Crippen LogP contribution in [0, 0.1) is 24.2 Å². The summed E-state index contributed by atoms with van der Waals surface area (Å²) in [6.07, 6.45) is 8.72. The average Bonchev–Trinajstić information content (AvgIpc) is 3.76. The second-order valence-corrected chi connectivity index (χ2v) is 19.7. The fraction of sp³-hybridized carbons (Fsp3) is 0.562. The number of aromatic nitrogens is 2. The number of nitrogens with one attached hydrogen (secondary N) is 2. The van der Waals surface area contributed by atoms with Gasteiger partial charge in [-0.25, -0.2) is 14.6 Å². The van der Waals surface area contributed by atoms with Gasteiger partial charge in [-0.15, -0.1) is 11.3 Å². The van der Waals surface area contributed by atoms with E-state index in [-0.39, 0.29) is 29.9 Å². The molecule has 0 unspecified atom stereocenters. The van der Waals surface area contributed by atoms with Crippen molar-refractivity contribution in [3.8, 4) is 0 Å². The number of hydrogen-bond donors (Lipinski definition) is 3. The predicted molar refractivity (Wildman–Crippen MR) is 244 cm³/mol. The number of carbonyl (C=O) groups is 4. The van der Waals surface area contributed by atoms with Gasteiger partial charge in [0.25, 0.3) is 0 Å². The van der Waals surface area contributed by atoms with Crippen LogP contribution < -0.4 is 11.1 Å². The Morgan fingerprint density at radius 1 is 0.984 bits per heavy atom. The van der Waals surface area contributed by atoms with Crippen LogP contribution in [-0.2, 0) is 39.8 Å². The predicted octanol–water partition coefficient (Wildman–Crippen LogP) is 9.96. The third kappa shape index (κ3) is 15.9. The van der Waals surface area contributed by atoms with Gasteiger partial charge in [-0.05, 0) is 131 Å². The van der Waals surface area contributed by atoms with Gasteiger partial charge in [0.1, 0.15) is 29.1 Å². The van der Waals surface area contributed by atoms with Gasteiger partial charge in [0.2, 0.25) is 0 Å². The number of rotatable bonds is 20. The van der Waals surface area contributed by atoms with E-state index in [2.05, 4.69) is 28.3 Å². The summed E-state index contributed by atoms with van der Waals surface area (Å²) < 4.78 is 22.9. The van der Waals surface area contributed by atoms with Crippen LogP contribution in [0.3, 0.4) is 0 Å². The van der Waals surface area contributed by atoms with E-state index in [1.807, 2.05) is 83.5 Å². The highest BCUT2D eigenvalue weighted by Gasteiger charge is 2.43. The van der Waals surface area contributed by atoms with E-state index in [1.54, 1.807) is 52.9 Å². The van der Waals surface area contributed by atoms with Crippen molar-refractivity contribution in [3.05, 3.63) is 81.2 Å². The van der Waals surface area contributed by atoms with Gasteiger partial charge < -0.3 is 35.0 Å². The summed E-state index contributed by atoms with van der Waals surface area (Å²) in [6.45, 7) is 23.8. The molecule has 2 aromatic heterocycles. The Labute approximate surface area is 367 Å². The molecule has 1 amide bonds. The summed E-state index contributed by atoms with van der Waals surface area (Å²) in [6, 6.07) is 6.50. The minimum absolute atomic E-state index is 0.138. The SMILES string of the molecule is CO/C(=C\C(=O)OC(C)(C)C)C(C)(C)C(=O)[C@H](C)[C@@H](OC(=O)[C@@H](N)Cc1c[nH]c2ccccc12)[C@@H](C)CCC/C(C)=C\C[C@H](NC(=O)OC(C)(C)C)/C(C)=C/c1csc(C)n1. The Morgan fingerprint density at radius 3 is 2.25 bits per heavy atom. The van der Waals surface area contributed by atoms with Crippen molar-refractivity contribution in [1.29, 1.82) is 0 Å². The number of nitrogens with zero attached hydrogens (tertiary/aromatic N) is 1. The van der Waals surface area contributed by atoms with E-state index in [0.29, 0.717) is 12.8 Å². The number of aryl methyl sites for hydroxylation is 1. The second kappa shape index (κ2) is 21.9. The van der Waals surface area contributed by atoms with Crippen LogP contribution in [0.1, 0.15) is 125 Å². The summed E-state index contributed by atoms with van der Waals surface area (Å²) in [5.41, 5.74) is 8.60. The zero-order valence-corrected chi connectivity index (χ0v) is 39.6. The van der Waals surface area contributed by atoms with E-state index in [9.17, 15) is 19.2 Å². The lowest BCUT2D eigenvalue weighted by atomic mass is 9.75. The molecule has 0 aliphatic rings. The van der Waals surface area contributed by atoms with E-state index in [1.165, 1.54) is 13.2 Å². The first-order valence-corrected chi connectivity index (χ1v) is 22.0. The number of thiazole rings is 1. The van der Waals surface area contributed by atoms with Crippen LogP contribution >= 0.6 is 11.3 Å². The lowest BCUT2D eigenvalue weighted by Crippen LogP contribution is -2.45. The van der Waals surface area contributed by atoms with Crippen molar-refractivity contribution in [1.82, 2.24) is 15.3 Å².